The predicted molar refractivity (Wildman–Crippen MR) is 162 cm³/mol. The Labute approximate surface area is 229 Å². The summed E-state index contributed by atoms with van der Waals surface area (Å²) in [5.41, 5.74) is 3.40. The molecule has 0 spiro atoms. The summed E-state index contributed by atoms with van der Waals surface area (Å²) in [4.78, 5) is 0. The van der Waals surface area contributed by atoms with Crippen molar-refractivity contribution in [3.8, 4) is 5.75 Å². The molecule has 3 nitrogen and oxygen atoms in total. The first kappa shape index (κ1) is 25.3. The zero-order valence-corrected chi connectivity index (χ0v) is 24.9. The molecular formula is C30H29Br2N2OP. The number of hydrogen-bond donors (Lipinski definition) is 0. The zero-order chi connectivity index (χ0) is 25.5. The molecule has 5 rings (SSSR count). The molecule has 0 N–H and O–H groups in total. The summed E-state index contributed by atoms with van der Waals surface area (Å²) >= 11 is 7.17. The number of hydrogen-bond acceptors (Lipinski definition) is 2. The fraction of sp³-hybridized carbons (Fsp3) is 0.200. The molecule has 1 heterocycles. The highest BCUT2D eigenvalue weighted by Crippen LogP contribution is 2.62. The zero-order valence-electron chi connectivity index (χ0n) is 20.9. The van der Waals surface area contributed by atoms with E-state index in [0.717, 1.165) is 32.2 Å². The van der Waals surface area contributed by atoms with E-state index in [1.54, 1.807) is 0 Å². The monoisotopic (exact) mass is 622 g/mol. The van der Waals surface area contributed by atoms with Gasteiger partial charge in [0.15, 0.2) is 7.28 Å². The van der Waals surface area contributed by atoms with Gasteiger partial charge in [-0.2, -0.15) is 0 Å². The number of benzene rings is 4. The molecule has 0 aliphatic rings. The summed E-state index contributed by atoms with van der Waals surface area (Å²) in [5, 5.41) is 3.36. The van der Waals surface area contributed by atoms with Crippen LogP contribution in [0.3, 0.4) is 0 Å². The van der Waals surface area contributed by atoms with Crippen LogP contribution >= 0.6 is 39.1 Å². The topological polar surface area (TPSA) is 26.5 Å². The first-order valence-corrected chi connectivity index (χ1v) is 15.3. The molecular weight excluding hydrogens is 595 g/mol. The minimum absolute atomic E-state index is 0.265. The molecule has 184 valence electrons. The van der Waals surface area contributed by atoms with E-state index in [2.05, 4.69) is 119 Å². The Morgan fingerprint density at radius 3 is 2.19 bits per heavy atom. The van der Waals surface area contributed by atoms with Crippen LogP contribution in [0.15, 0.2) is 105 Å². The lowest BCUT2D eigenvalue weighted by Gasteiger charge is -2.37. The van der Waals surface area contributed by atoms with Gasteiger partial charge in [0.05, 0.1) is 5.69 Å². The van der Waals surface area contributed by atoms with Crippen molar-refractivity contribution in [2.45, 2.75) is 39.4 Å². The van der Waals surface area contributed by atoms with Gasteiger partial charge >= 0.3 is 0 Å². The van der Waals surface area contributed by atoms with E-state index in [0.29, 0.717) is 0 Å². The van der Waals surface area contributed by atoms with Crippen LogP contribution < -0.4 is 9.83 Å². The molecule has 0 unspecified atom stereocenters. The third kappa shape index (κ3) is 4.58. The fourth-order valence-corrected chi connectivity index (χ4v) is 8.43. The van der Waals surface area contributed by atoms with Gasteiger partial charge in [-0.1, -0.05) is 76.9 Å². The van der Waals surface area contributed by atoms with Gasteiger partial charge in [-0.25, -0.2) is 4.74 Å². The van der Waals surface area contributed by atoms with Crippen molar-refractivity contribution in [1.82, 2.24) is 4.57 Å². The second-order valence-corrected chi connectivity index (χ2v) is 15.1. The van der Waals surface area contributed by atoms with Crippen molar-refractivity contribution >= 4 is 71.9 Å². The van der Waals surface area contributed by atoms with Crippen LogP contribution in [0.25, 0.3) is 21.8 Å². The summed E-state index contributed by atoms with van der Waals surface area (Å²) in [6, 6.07) is 31.7. The molecule has 36 heavy (non-hydrogen) atoms. The molecule has 0 bridgehead atoms. The molecule has 6 heteroatoms. The van der Waals surface area contributed by atoms with Gasteiger partial charge in [-0.15, -0.1) is 0 Å². The Balaban J connectivity index is 1.84. The first-order chi connectivity index (χ1) is 17.2. The molecule has 1 atom stereocenters. The van der Waals surface area contributed by atoms with Crippen LogP contribution in [0.5, 0.6) is 5.75 Å². The van der Waals surface area contributed by atoms with E-state index in [-0.39, 0.29) is 5.16 Å². The minimum Gasteiger partial charge on any atom is -0.455 e. The normalized spacial score (nSPS) is 13.6. The van der Waals surface area contributed by atoms with Crippen LogP contribution in [0.4, 0.5) is 5.69 Å². The van der Waals surface area contributed by atoms with E-state index in [9.17, 15) is 0 Å². The van der Waals surface area contributed by atoms with Gasteiger partial charge < -0.3 is 9.09 Å². The Kier molecular flexibility index (Phi) is 6.93. The Morgan fingerprint density at radius 2 is 1.50 bits per heavy atom. The summed E-state index contributed by atoms with van der Waals surface area (Å²) in [6.07, 6.45) is 0. The molecule has 0 aliphatic carbocycles. The van der Waals surface area contributed by atoms with Crippen LogP contribution in [-0.4, -0.2) is 9.72 Å². The van der Waals surface area contributed by atoms with Gasteiger partial charge in [0.1, 0.15) is 5.75 Å². The van der Waals surface area contributed by atoms with Crippen molar-refractivity contribution in [2.24, 2.45) is 4.74 Å². The maximum Gasteiger partial charge on any atom is 0.173 e. The maximum absolute atomic E-state index is 7.06. The highest BCUT2D eigenvalue weighted by molar-refractivity contribution is 9.10. The van der Waals surface area contributed by atoms with Crippen molar-refractivity contribution in [3.05, 3.63) is 99.9 Å². The first-order valence-electron chi connectivity index (χ1n) is 12.1. The molecule has 0 amide bonds. The number of fused-ring (bicyclic) bond motifs is 3. The lowest BCUT2D eigenvalue weighted by molar-refractivity contribution is 0.571. The molecule has 1 aromatic heterocycles. The number of rotatable bonds is 5. The lowest BCUT2D eigenvalue weighted by Crippen LogP contribution is -2.27. The number of para-hydroxylation sites is 1. The Bertz CT molecular complexity index is 1610. The van der Waals surface area contributed by atoms with E-state index >= 15 is 0 Å². The predicted octanol–water partition coefficient (Wildman–Crippen LogP) is 10.3. The van der Waals surface area contributed by atoms with Crippen molar-refractivity contribution in [2.75, 3.05) is 0 Å². The third-order valence-corrected chi connectivity index (χ3v) is 11.3. The van der Waals surface area contributed by atoms with E-state index in [4.69, 9.17) is 9.27 Å². The van der Waals surface area contributed by atoms with Crippen LogP contribution in [0.2, 0.25) is 0 Å². The van der Waals surface area contributed by atoms with Crippen molar-refractivity contribution < 1.29 is 4.52 Å². The average molecular weight is 624 g/mol. The molecule has 0 saturated carbocycles. The highest BCUT2D eigenvalue weighted by Gasteiger charge is 2.39. The second-order valence-electron chi connectivity index (χ2n) is 9.83. The lowest BCUT2D eigenvalue weighted by atomic mass is 10.1. The van der Waals surface area contributed by atoms with Gasteiger partial charge in [0, 0.05) is 47.8 Å². The van der Waals surface area contributed by atoms with Gasteiger partial charge in [-0.05, 0) is 73.7 Å². The standard InChI is InChI=1S/C30H29Br2N2OP/c1-5-34-28-12-7-6-11-26(28)27-20-25(17-18-29(27)34)36(30(2,3)4,33-23-15-13-21(31)14-16-23)35-24-10-8-9-22(32)19-24/h6-20H,5H2,1-4H3/t36-/m1/s1. The van der Waals surface area contributed by atoms with E-state index in [1.807, 2.05) is 36.4 Å². The summed E-state index contributed by atoms with van der Waals surface area (Å²) in [6.45, 7) is 9.83. The Morgan fingerprint density at radius 1 is 0.778 bits per heavy atom. The van der Waals surface area contributed by atoms with E-state index in [1.165, 1.54) is 21.8 Å². The molecule has 0 fully saturated rings. The second kappa shape index (κ2) is 9.85. The summed E-state index contributed by atoms with van der Waals surface area (Å²) in [7, 11) is -2.61. The third-order valence-electron chi connectivity index (χ3n) is 6.45. The molecule has 4 aromatic carbocycles. The highest BCUT2D eigenvalue weighted by atomic mass is 79.9. The smallest absolute Gasteiger partial charge is 0.173 e. The summed E-state index contributed by atoms with van der Waals surface area (Å²) < 4.78 is 16.9. The van der Waals surface area contributed by atoms with Crippen molar-refractivity contribution in [1.29, 1.82) is 0 Å². The average Bonchev–Trinajstić information content (AvgIpc) is 3.17. The van der Waals surface area contributed by atoms with Gasteiger partial charge in [0.25, 0.3) is 0 Å². The number of aromatic nitrogens is 1. The number of aryl methyl sites for hydroxylation is 1. The fourth-order valence-electron chi connectivity index (χ4n) is 4.72. The molecule has 0 radical (unpaired) electrons. The molecule has 0 saturated heterocycles. The number of nitrogens with zero attached hydrogens (tertiary/aromatic N) is 2. The summed E-state index contributed by atoms with van der Waals surface area (Å²) in [5.74, 6) is 0.810. The van der Waals surface area contributed by atoms with Gasteiger partial charge in [0.2, 0.25) is 0 Å². The van der Waals surface area contributed by atoms with Crippen molar-refractivity contribution in [3.63, 3.8) is 0 Å². The van der Waals surface area contributed by atoms with Crippen LogP contribution in [0, 0.1) is 0 Å². The minimum atomic E-state index is -2.61. The largest absolute Gasteiger partial charge is 0.455 e. The molecule has 5 aromatic rings. The maximum atomic E-state index is 7.06. The van der Waals surface area contributed by atoms with Crippen LogP contribution in [0.1, 0.15) is 27.7 Å². The molecule has 0 aliphatic heterocycles. The van der Waals surface area contributed by atoms with E-state index < -0.39 is 7.28 Å². The van der Waals surface area contributed by atoms with Gasteiger partial charge in [-0.3, -0.25) is 0 Å². The number of halogens is 2. The Hall–Kier alpha value is -2.33. The quantitative estimate of drug-likeness (QED) is 0.179. The SMILES string of the molecule is CCn1c2ccccc2c2cc([P@@](=Nc3ccc(Br)cc3)(Oc3cccc(Br)c3)C(C)(C)C)ccc21. The van der Waals surface area contributed by atoms with Crippen LogP contribution in [-0.2, 0) is 6.54 Å².